The van der Waals surface area contributed by atoms with Gasteiger partial charge in [0.05, 0.1) is 18.2 Å². The summed E-state index contributed by atoms with van der Waals surface area (Å²) in [5, 5.41) is 10.6. The van der Waals surface area contributed by atoms with E-state index < -0.39 is 0 Å². The third-order valence-electron chi connectivity index (χ3n) is 4.92. The van der Waals surface area contributed by atoms with Crippen LogP contribution in [0, 0.1) is 0 Å². The quantitative estimate of drug-likeness (QED) is 0.557. The number of aromatic hydroxyl groups is 1. The van der Waals surface area contributed by atoms with Crippen molar-refractivity contribution in [3.05, 3.63) is 60.9 Å². The van der Waals surface area contributed by atoms with E-state index in [4.69, 9.17) is 4.74 Å². The maximum Gasteiger partial charge on any atom is 0.145 e. The molecule has 0 amide bonds. The summed E-state index contributed by atoms with van der Waals surface area (Å²) in [7, 11) is 3.65. The van der Waals surface area contributed by atoms with Gasteiger partial charge in [-0.2, -0.15) is 0 Å². The van der Waals surface area contributed by atoms with E-state index in [-0.39, 0.29) is 5.75 Å². The molecular weight excluding hydrogens is 352 g/mol. The van der Waals surface area contributed by atoms with Crippen molar-refractivity contribution < 1.29 is 9.84 Å². The van der Waals surface area contributed by atoms with Crippen LogP contribution in [0.3, 0.4) is 0 Å². The monoisotopic (exact) mass is 374 g/mol. The number of nitrogens with zero attached hydrogens (tertiary/aromatic N) is 4. The van der Waals surface area contributed by atoms with Crippen LogP contribution in [0.4, 0.5) is 11.5 Å². The van der Waals surface area contributed by atoms with Crippen molar-refractivity contribution in [2.45, 2.75) is 6.92 Å². The smallest absolute Gasteiger partial charge is 0.145 e. The van der Waals surface area contributed by atoms with Gasteiger partial charge >= 0.3 is 0 Å². The zero-order valence-electron chi connectivity index (χ0n) is 16.1. The van der Waals surface area contributed by atoms with Gasteiger partial charge < -0.3 is 19.3 Å². The number of anilines is 2. The first-order valence-electron chi connectivity index (χ1n) is 9.13. The molecule has 2 heterocycles. The van der Waals surface area contributed by atoms with E-state index in [1.807, 2.05) is 43.4 Å². The number of fused-ring (bicyclic) bond motifs is 1. The van der Waals surface area contributed by atoms with Gasteiger partial charge in [-0.05, 0) is 67.1 Å². The van der Waals surface area contributed by atoms with E-state index in [0.717, 1.165) is 46.1 Å². The molecule has 6 heteroatoms. The number of benzene rings is 2. The summed E-state index contributed by atoms with van der Waals surface area (Å²) in [5.74, 6) is 1.93. The summed E-state index contributed by atoms with van der Waals surface area (Å²) in [6.07, 6.45) is 1.60. The molecule has 2 aromatic heterocycles. The van der Waals surface area contributed by atoms with Gasteiger partial charge in [0.25, 0.3) is 0 Å². The van der Waals surface area contributed by atoms with Crippen LogP contribution in [0.5, 0.6) is 11.5 Å². The molecule has 4 rings (SSSR count). The molecule has 1 N–H and O–H groups in total. The van der Waals surface area contributed by atoms with Gasteiger partial charge in [-0.3, -0.25) is 0 Å². The Bertz CT molecular complexity index is 1100. The molecule has 2 aromatic carbocycles. The van der Waals surface area contributed by atoms with Gasteiger partial charge in [-0.15, -0.1) is 0 Å². The fraction of sp³-hybridized carbons (Fsp3) is 0.182. The number of phenols is 1. The second-order valence-electron chi connectivity index (χ2n) is 6.51. The molecule has 0 spiro atoms. The Hall–Kier alpha value is -3.54. The lowest BCUT2D eigenvalue weighted by Gasteiger charge is -2.22. The largest absolute Gasteiger partial charge is 0.508 e. The van der Waals surface area contributed by atoms with E-state index in [1.165, 1.54) is 0 Å². The van der Waals surface area contributed by atoms with Crippen LogP contribution in [-0.2, 0) is 7.05 Å². The third kappa shape index (κ3) is 3.03. The summed E-state index contributed by atoms with van der Waals surface area (Å²) >= 11 is 0. The summed E-state index contributed by atoms with van der Waals surface area (Å²) in [4.78, 5) is 11.2. The second-order valence-corrected chi connectivity index (χ2v) is 6.51. The molecular formula is C22H22N4O2. The molecule has 4 aromatic rings. The number of ether oxygens (including phenoxy) is 1. The second kappa shape index (κ2) is 7.23. The Balaban J connectivity index is 1.84. The molecule has 0 fully saturated rings. The molecule has 0 atom stereocenters. The highest BCUT2D eigenvalue weighted by Gasteiger charge is 2.18. The van der Waals surface area contributed by atoms with Crippen molar-refractivity contribution in [2.24, 2.45) is 7.05 Å². The van der Waals surface area contributed by atoms with E-state index in [9.17, 15) is 5.11 Å². The van der Waals surface area contributed by atoms with Crippen molar-refractivity contribution in [1.29, 1.82) is 0 Å². The van der Waals surface area contributed by atoms with Gasteiger partial charge in [0.1, 0.15) is 29.3 Å². The van der Waals surface area contributed by atoms with Gasteiger partial charge in [0, 0.05) is 19.3 Å². The van der Waals surface area contributed by atoms with Crippen molar-refractivity contribution in [2.75, 3.05) is 18.6 Å². The van der Waals surface area contributed by atoms with E-state index in [2.05, 4.69) is 32.4 Å². The van der Waals surface area contributed by atoms with Crippen molar-refractivity contribution in [3.63, 3.8) is 0 Å². The molecule has 6 nitrogen and oxygen atoms in total. The Morgan fingerprint density at radius 2 is 1.75 bits per heavy atom. The number of hydrogen-bond donors (Lipinski definition) is 1. The lowest BCUT2D eigenvalue weighted by Crippen LogP contribution is -2.17. The standard InChI is InChI=1S/C22H22N4O2/c1-4-26(16-7-11-18(28-3)12-8-16)22-19-13-20(15-5-9-17(27)10-6-15)25(2)21(19)23-14-24-22/h5-14,27H,4H2,1-3H3. The first-order valence-corrected chi connectivity index (χ1v) is 9.13. The number of hydrogen-bond acceptors (Lipinski definition) is 5. The van der Waals surface area contributed by atoms with Crippen LogP contribution in [0.2, 0.25) is 0 Å². The molecule has 0 aliphatic carbocycles. The molecule has 0 radical (unpaired) electrons. The molecule has 0 unspecified atom stereocenters. The maximum atomic E-state index is 9.58. The maximum absolute atomic E-state index is 9.58. The summed E-state index contributed by atoms with van der Waals surface area (Å²) < 4.78 is 7.32. The average molecular weight is 374 g/mol. The lowest BCUT2D eigenvalue weighted by atomic mass is 10.1. The van der Waals surface area contributed by atoms with Gasteiger partial charge in [0.2, 0.25) is 0 Å². The Labute approximate surface area is 163 Å². The normalized spacial score (nSPS) is 11.0. The predicted octanol–water partition coefficient (Wildman–Crippen LogP) is 4.51. The highest BCUT2D eigenvalue weighted by molar-refractivity contribution is 5.94. The Kier molecular flexibility index (Phi) is 4.61. The fourth-order valence-electron chi connectivity index (χ4n) is 3.46. The minimum atomic E-state index is 0.250. The van der Waals surface area contributed by atoms with Crippen molar-refractivity contribution in [1.82, 2.24) is 14.5 Å². The van der Waals surface area contributed by atoms with Crippen molar-refractivity contribution in [3.8, 4) is 22.8 Å². The molecule has 0 saturated carbocycles. The number of aryl methyl sites for hydroxylation is 1. The molecule has 0 saturated heterocycles. The van der Waals surface area contributed by atoms with Crippen molar-refractivity contribution >= 4 is 22.5 Å². The molecule has 28 heavy (non-hydrogen) atoms. The SMILES string of the molecule is CCN(c1ccc(OC)cc1)c1ncnc2c1cc(-c1ccc(O)cc1)n2C. The number of phenolic OH excluding ortho intramolecular Hbond substituents is 1. The predicted molar refractivity (Wildman–Crippen MR) is 111 cm³/mol. The van der Waals surface area contributed by atoms with Gasteiger partial charge in [0.15, 0.2) is 0 Å². The van der Waals surface area contributed by atoms with Gasteiger partial charge in [-0.25, -0.2) is 9.97 Å². The zero-order valence-corrected chi connectivity index (χ0v) is 16.1. The third-order valence-corrected chi connectivity index (χ3v) is 4.92. The summed E-state index contributed by atoms with van der Waals surface area (Å²) in [6, 6.07) is 17.2. The average Bonchev–Trinajstić information content (AvgIpc) is 3.07. The van der Waals surface area contributed by atoms with E-state index in [0.29, 0.717) is 0 Å². The Morgan fingerprint density at radius 1 is 1.04 bits per heavy atom. The fourth-order valence-corrected chi connectivity index (χ4v) is 3.46. The highest BCUT2D eigenvalue weighted by atomic mass is 16.5. The zero-order chi connectivity index (χ0) is 19.7. The van der Waals surface area contributed by atoms with E-state index in [1.54, 1.807) is 25.6 Å². The minimum absolute atomic E-state index is 0.250. The summed E-state index contributed by atoms with van der Waals surface area (Å²) in [5.41, 5.74) is 3.93. The first kappa shape index (κ1) is 17.9. The van der Waals surface area contributed by atoms with Crippen LogP contribution < -0.4 is 9.64 Å². The number of rotatable bonds is 5. The molecule has 0 aliphatic heterocycles. The summed E-state index contributed by atoms with van der Waals surface area (Å²) in [6.45, 7) is 2.86. The van der Waals surface area contributed by atoms with Crippen LogP contribution in [-0.4, -0.2) is 33.3 Å². The van der Waals surface area contributed by atoms with Crippen LogP contribution >= 0.6 is 0 Å². The topological polar surface area (TPSA) is 63.4 Å². The van der Waals surface area contributed by atoms with Crippen LogP contribution in [0.15, 0.2) is 60.9 Å². The first-order chi connectivity index (χ1) is 13.6. The number of aromatic nitrogens is 3. The van der Waals surface area contributed by atoms with Gasteiger partial charge in [-0.1, -0.05) is 0 Å². The van der Waals surface area contributed by atoms with Crippen LogP contribution in [0.25, 0.3) is 22.3 Å². The van der Waals surface area contributed by atoms with E-state index >= 15 is 0 Å². The molecule has 142 valence electrons. The molecule has 0 aliphatic rings. The minimum Gasteiger partial charge on any atom is -0.508 e. The van der Waals surface area contributed by atoms with Crippen LogP contribution in [0.1, 0.15) is 6.92 Å². The Morgan fingerprint density at radius 3 is 2.39 bits per heavy atom. The lowest BCUT2D eigenvalue weighted by molar-refractivity contribution is 0.415. The molecule has 0 bridgehead atoms. The highest BCUT2D eigenvalue weighted by Crippen LogP contribution is 2.34. The number of methoxy groups -OCH3 is 1.